The zero-order chi connectivity index (χ0) is 35.1. The van der Waals surface area contributed by atoms with E-state index in [1.54, 1.807) is 9.81 Å². The Bertz CT molecular complexity index is 2250. The molecule has 0 amide bonds. The first kappa shape index (κ1) is 33.3. The number of rotatable bonds is 7. The number of benzene rings is 3. The van der Waals surface area contributed by atoms with Crippen LogP contribution in [0.3, 0.4) is 0 Å². The smallest absolute Gasteiger partial charge is 0.0535 e. The minimum atomic E-state index is -1.72. The van der Waals surface area contributed by atoms with Gasteiger partial charge in [0.25, 0.3) is 0 Å². The fraction of sp³-hybridized carbons (Fsp3) is 0.280. The standard InChI is InChI=1S/C50H51NS/c1-36-17-16-25-43(31-36)52(42-23-10-5-11-24-42,45-33-40(38-19-6-3-7-20-38)32-41(34-45)39-21-8-4-9-22-39)44-29-30-50-47(35-44)46-26-13-15-28-49(46)51(50)48-27-14-12-18-37(48)2/h3-10,13,16,19-23,25-27,29-33,35-37,45H,11-12,14-15,17-18,24,28,34H2,1-2H3/t36-,37?,45?/m1/s1. The maximum Gasteiger partial charge on any atom is 0.0535 e. The summed E-state index contributed by atoms with van der Waals surface area (Å²) in [6.45, 7) is 4.85. The summed E-state index contributed by atoms with van der Waals surface area (Å²) in [5.74, 6) is 1.09. The molecule has 0 bridgehead atoms. The molecule has 0 radical (unpaired) electrons. The van der Waals surface area contributed by atoms with E-state index in [1.807, 2.05) is 0 Å². The zero-order valence-electron chi connectivity index (χ0n) is 30.8. The number of aromatic nitrogens is 1. The van der Waals surface area contributed by atoms with Crippen LogP contribution in [-0.2, 0) is 6.42 Å². The van der Waals surface area contributed by atoms with Crippen molar-refractivity contribution in [1.29, 1.82) is 0 Å². The van der Waals surface area contributed by atoms with Gasteiger partial charge in [-0.05, 0) is 125 Å². The molecule has 52 heavy (non-hydrogen) atoms. The lowest BCUT2D eigenvalue weighted by Gasteiger charge is -2.51. The van der Waals surface area contributed by atoms with Crippen LogP contribution in [0.2, 0.25) is 0 Å². The molecule has 2 heteroatoms. The van der Waals surface area contributed by atoms with Gasteiger partial charge in [0.05, 0.1) is 5.52 Å². The molecule has 1 heterocycles. The molecule has 0 spiro atoms. The molecule has 1 aromatic heterocycles. The van der Waals surface area contributed by atoms with Crippen molar-refractivity contribution in [3.63, 3.8) is 0 Å². The Balaban J connectivity index is 1.33. The molecular weight excluding hydrogens is 647 g/mol. The number of hydrogen-bond acceptors (Lipinski definition) is 0. The van der Waals surface area contributed by atoms with E-state index in [-0.39, 0.29) is 0 Å². The maximum atomic E-state index is 2.69. The fourth-order valence-electron chi connectivity index (χ4n) is 9.54. The summed E-state index contributed by atoms with van der Waals surface area (Å²) in [5.41, 5.74) is 11.3. The molecule has 1 nitrogen and oxygen atoms in total. The number of hydrogen-bond donors (Lipinski definition) is 0. The molecule has 0 aliphatic heterocycles. The predicted octanol–water partition coefficient (Wildman–Crippen LogP) is 14.1. The average molecular weight is 698 g/mol. The molecule has 3 aromatic carbocycles. The molecule has 4 atom stereocenters. The van der Waals surface area contributed by atoms with Crippen LogP contribution < -0.4 is 0 Å². The van der Waals surface area contributed by atoms with Crippen molar-refractivity contribution in [1.82, 2.24) is 4.57 Å². The molecule has 0 saturated carbocycles. The number of fused-ring (bicyclic) bond motifs is 3. The SMILES string of the molecule is CC1CCCC=C1n1c2c(c3cc(S(C4=C[C@H](C)CC=C4)(C4=CC=CCC4)C4C=C(c5ccccc5)C=C(c5ccccc5)C4)ccc31)C=CCC2. The second kappa shape index (κ2) is 14.1. The van der Waals surface area contributed by atoms with E-state index in [2.05, 4.69) is 164 Å². The van der Waals surface area contributed by atoms with Gasteiger partial charge in [0.2, 0.25) is 0 Å². The summed E-state index contributed by atoms with van der Waals surface area (Å²) >= 11 is 0. The van der Waals surface area contributed by atoms with Crippen LogP contribution in [0.25, 0.3) is 33.8 Å². The highest BCUT2D eigenvalue weighted by Crippen LogP contribution is 2.75. The van der Waals surface area contributed by atoms with Gasteiger partial charge in [-0.3, -0.25) is 0 Å². The van der Waals surface area contributed by atoms with Crippen molar-refractivity contribution in [2.75, 3.05) is 0 Å². The van der Waals surface area contributed by atoms with Gasteiger partial charge < -0.3 is 4.57 Å². The van der Waals surface area contributed by atoms with Gasteiger partial charge in [0, 0.05) is 27.6 Å². The first-order valence-corrected chi connectivity index (χ1v) is 21.4. The van der Waals surface area contributed by atoms with Crippen LogP contribution in [0.15, 0.2) is 154 Å². The Morgan fingerprint density at radius 1 is 0.769 bits per heavy atom. The second-order valence-corrected chi connectivity index (χ2v) is 18.9. The maximum absolute atomic E-state index is 2.69. The van der Waals surface area contributed by atoms with Gasteiger partial charge in [0.15, 0.2) is 0 Å². The summed E-state index contributed by atoms with van der Waals surface area (Å²) in [7, 11) is -1.72. The van der Waals surface area contributed by atoms with Gasteiger partial charge in [0.1, 0.15) is 0 Å². The van der Waals surface area contributed by atoms with Crippen LogP contribution in [0.5, 0.6) is 0 Å². The van der Waals surface area contributed by atoms with Crippen LogP contribution in [0, 0.1) is 11.8 Å². The second-order valence-electron chi connectivity index (χ2n) is 15.5. The van der Waals surface area contributed by atoms with Crippen LogP contribution in [0.4, 0.5) is 0 Å². The molecule has 5 aliphatic carbocycles. The summed E-state index contributed by atoms with van der Waals surface area (Å²) in [6.07, 6.45) is 37.8. The monoisotopic (exact) mass is 697 g/mol. The third-order valence-corrected chi connectivity index (χ3v) is 16.5. The van der Waals surface area contributed by atoms with Crippen molar-refractivity contribution < 1.29 is 0 Å². The Labute approximate surface area is 312 Å². The highest BCUT2D eigenvalue weighted by atomic mass is 32.3. The molecule has 4 aromatic rings. The number of allylic oxidation sites excluding steroid dienone is 13. The first-order chi connectivity index (χ1) is 25.6. The highest BCUT2D eigenvalue weighted by molar-refractivity contribution is 8.40. The van der Waals surface area contributed by atoms with Gasteiger partial charge >= 0.3 is 0 Å². The third-order valence-electron chi connectivity index (χ3n) is 12.1. The summed E-state index contributed by atoms with van der Waals surface area (Å²) < 4.78 is 2.69. The number of nitrogens with zero attached hydrogens (tertiary/aromatic N) is 1. The normalized spacial score (nSPS) is 24.6. The lowest BCUT2D eigenvalue weighted by Crippen LogP contribution is -2.24. The molecule has 0 fully saturated rings. The molecule has 9 rings (SSSR count). The van der Waals surface area contributed by atoms with Gasteiger partial charge in [-0.25, -0.2) is 0 Å². The topological polar surface area (TPSA) is 4.93 Å². The molecule has 3 unspecified atom stereocenters. The van der Waals surface area contributed by atoms with E-state index in [1.165, 1.54) is 74.3 Å². The van der Waals surface area contributed by atoms with Crippen molar-refractivity contribution in [3.8, 4) is 0 Å². The van der Waals surface area contributed by atoms with E-state index in [0.717, 1.165) is 38.5 Å². The van der Waals surface area contributed by atoms with Gasteiger partial charge in [-0.2, -0.15) is 10.0 Å². The van der Waals surface area contributed by atoms with Crippen molar-refractivity contribution in [3.05, 3.63) is 172 Å². The fourth-order valence-corrected chi connectivity index (χ4v) is 14.4. The summed E-state index contributed by atoms with van der Waals surface area (Å²) in [6, 6.07) is 30.0. The summed E-state index contributed by atoms with van der Waals surface area (Å²) in [5, 5.41) is 1.73. The lowest BCUT2D eigenvalue weighted by molar-refractivity contribution is 0.577. The van der Waals surface area contributed by atoms with Crippen LogP contribution >= 0.6 is 10.0 Å². The highest BCUT2D eigenvalue weighted by Gasteiger charge is 2.43. The molecular formula is C50H51NS. The largest absolute Gasteiger partial charge is 0.317 e. The van der Waals surface area contributed by atoms with E-state index in [4.69, 9.17) is 0 Å². The van der Waals surface area contributed by atoms with Crippen molar-refractivity contribution >= 4 is 43.9 Å². The van der Waals surface area contributed by atoms with Crippen LogP contribution in [-0.4, -0.2) is 9.82 Å². The van der Waals surface area contributed by atoms with E-state index < -0.39 is 10.0 Å². The van der Waals surface area contributed by atoms with E-state index in [9.17, 15) is 0 Å². The van der Waals surface area contributed by atoms with Crippen molar-refractivity contribution in [2.24, 2.45) is 11.8 Å². The quantitative estimate of drug-likeness (QED) is 0.181. The Morgan fingerprint density at radius 3 is 2.35 bits per heavy atom. The zero-order valence-corrected chi connectivity index (χ0v) is 31.6. The minimum absolute atomic E-state index is 0.300. The van der Waals surface area contributed by atoms with Crippen LogP contribution in [0.1, 0.15) is 87.6 Å². The Hall–Kier alpha value is -4.53. The van der Waals surface area contributed by atoms with E-state index in [0.29, 0.717) is 17.1 Å². The first-order valence-electron chi connectivity index (χ1n) is 19.7. The Morgan fingerprint density at radius 2 is 1.58 bits per heavy atom. The third kappa shape index (κ3) is 5.80. The minimum Gasteiger partial charge on any atom is -0.317 e. The molecule has 262 valence electrons. The molecule has 5 aliphatic rings. The predicted molar refractivity (Wildman–Crippen MR) is 227 cm³/mol. The molecule has 0 saturated heterocycles. The lowest BCUT2D eigenvalue weighted by atomic mass is 9.90. The van der Waals surface area contributed by atoms with E-state index >= 15 is 0 Å². The van der Waals surface area contributed by atoms with Gasteiger partial charge in [-0.1, -0.05) is 141 Å². The Kier molecular flexibility index (Phi) is 9.05. The van der Waals surface area contributed by atoms with Gasteiger partial charge in [-0.15, -0.1) is 0 Å². The average Bonchev–Trinajstić information content (AvgIpc) is 3.53. The van der Waals surface area contributed by atoms with Crippen molar-refractivity contribution in [2.45, 2.75) is 81.8 Å². The summed E-state index contributed by atoms with van der Waals surface area (Å²) in [4.78, 5) is 4.68. The molecule has 0 N–H and O–H groups in total.